The van der Waals surface area contributed by atoms with Crippen LogP contribution in [0.2, 0.25) is 0 Å². The van der Waals surface area contributed by atoms with Gasteiger partial charge in [0.2, 0.25) is 0 Å². The van der Waals surface area contributed by atoms with Gasteiger partial charge in [0, 0.05) is 12.1 Å². The summed E-state index contributed by atoms with van der Waals surface area (Å²) in [6.45, 7) is 0.794. The number of hydrogen-bond donors (Lipinski definition) is 1. The number of alkyl halides is 1. The van der Waals surface area contributed by atoms with E-state index in [-0.39, 0.29) is 5.56 Å². The van der Waals surface area contributed by atoms with Crippen molar-refractivity contribution < 1.29 is 13.2 Å². The van der Waals surface area contributed by atoms with Gasteiger partial charge >= 0.3 is 0 Å². The maximum absolute atomic E-state index is 13.9. The highest BCUT2D eigenvalue weighted by Crippen LogP contribution is 2.31. The van der Waals surface area contributed by atoms with Gasteiger partial charge in [-0.25, -0.2) is 13.2 Å². The van der Waals surface area contributed by atoms with Crippen LogP contribution in [-0.4, -0.2) is 6.54 Å². The molecule has 0 fully saturated rings. The van der Waals surface area contributed by atoms with Crippen molar-refractivity contribution in [2.24, 2.45) is 0 Å². The highest BCUT2D eigenvalue weighted by Gasteiger charge is 2.22. The largest absolute Gasteiger partial charge is 0.391 e. The molecule has 1 N–H and O–H groups in total. The van der Waals surface area contributed by atoms with Crippen LogP contribution >= 0.6 is 0 Å². The third-order valence-electron chi connectivity index (χ3n) is 2.65. The van der Waals surface area contributed by atoms with Gasteiger partial charge in [-0.3, -0.25) is 0 Å². The van der Waals surface area contributed by atoms with Crippen molar-refractivity contribution in [2.45, 2.75) is 19.0 Å². The van der Waals surface area contributed by atoms with Crippen molar-refractivity contribution in [2.75, 3.05) is 6.54 Å². The van der Waals surface area contributed by atoms with E-state index in [1.807, 2.05) is 0 Å². The van der Waals surface area contributed by atoms with Crippen LogP contribution in [0.5, 0.6) is 0 Å². The van der Waals surface area contributed by atoms with Crippen LogP contribution in [0.1, 0.15) is 24.6 Å². The highest BCUT2D eigenvalue weighted by molar-refractivity contribution is 5.28. The smallest absolute Gasteiger partial charge is 0.165 e. The molecule has 1 nitrogen and oxygen atoms in total. The van der Waals surface area contributed by atoms with E-state index in [2.05, 4.69) is 5.32 Å². The molecule has 0 aromatic heterocycles. The molecule has 1 aromatic rings. The molecule has 1 unspecified atom stereocenters. The van der Waals surface area contributed by atoms with Crippen molar-refractivity contribution in [1.82, 2.24) is 5.32 Å². The van der Waals surface area contributed by atoms with Crippen molar-refractivity contribution in [3.8, 4) is 0 Å². The number of allylic oxidation sites excluding steroid dienone is 1. The van der Waals surface area contributed by atoms with Crippen LogP contribution in [0.25, 0.3) is 0 Å². The van der Waals surface area contributed by atoms with Crippen LogP contribution in [0.15, 0.2) is 30.0 Å². The Labute approximate surface area is 92.0 Å². The first-order valence-electron chi connectivity index (χ1n) is 5.20. The van der Waals surface area contributed by atoms with E-state index in [1.54, 1.807) is 6.20 Å². The molecule has 0 spiro atoms. The Balaban J connectivity index is 2.29. The monoisotopic (exact) mass is 227 g/mol. The summed E-state index contributed by atoms with van der Waals surface area (Å²) in [7, 11) is 0. The lowest BCUT2D eigenvalue weighted by atomic mass is 9.97. The van der Waals surface area contributed by atoms with Crippen LogP contribution in [0, 0.1) is 11.6 Å². The number of halogens is 3. The Morgan fingerprint density at radius 1 is 1.25 bits per heavy atom. The molecule has 1 aliphatic rings. The molecule has 0 aliphatic carbocycles. The zero-order valence-electron chi connectivity index (χ0n) is 8.64. The zero-order valence-corrected chi connectivity index (χ0v) is 8.64. The van der Waals surface area contributed by atoms with Crippen molar-refractivity contribution in [3.05, 3.63) is 47.2 Å². The lowest BCUT2D eigenvalue weighted by Crippen LogP contribution is -2.16. The zero-order chi connectivity index (χ0) is 11.5. The summed E-state index contributed by atoms with van der Waals surface area (Å²) in [6, 6.07) is 3.58. The molecule has 0 saturated carbocycles. The van der Waals surface area contributed by atoms with Crippen molar-refractivity contribution >= 4 is 0 Å². The van der Waals surface area contributed by atoms with Crippen LogP contribution < -0.4 is 5.32 Å². The highest BCUT2D eigenvalue weighted by atomic mass is 19.2. The van der Waals surface area contributed by atoms with Gasteiger partial charge in [0.05, 0.1) is 0 Å². The Kier molecular flexibility index (Phi) is 3.17. The van der Waals surface area contributed by atoms with Gasteiger partial charge in [0.1, 0.15) is 0 Å². The minimum Gasteiger partial charge on any atom is -0.391 e. The summed E-state index contributed by atoms with van der Waals surface area (Å²) in [5.41, 5.74) is 0.241. The lowest BCUT2D eigenvalue weighted by Gasteiger charge is -2.18. The topological polar surface area (TPSA) is 12.0 Å². The summed E-state index contributed by atoms with van der Waals surface area (Å²) in [6.07, 6.45) is 1.37. The van der Waals surface area contributed by atoms with Crippen LogP contribution in [-0.2, 0) is 0 Å². The normalized spacial score (nSPS) is 17.6. The Hall–Kier alpha value is -1.45. The third-order valence-corrected chi connectivity index (χ3v) is 2.65. The van der Waals surface area contributed by atoms with E-state index in [9.17, 15) is 13.2 Å². The van der Waals surface area contributed by atoms with Crippen LogP contribution in [0.3, 0.4) is 0 Å². The van der Waals surface area contributed by atoms with Crippen molar-refractivity contribution in [1.29, 1.82) is 0 Å². The second-order valence-corrected chi connectivity index (χ2v) is 3.78. The second-order valence-electron chi connectivity index (χ2n) is 3.78. The molecule has 0 amide bonds. The summed E-state index contributed by atoms with van der Waals surface area (Å²) in [5, 5.41) is 2.90. The van der Waals surface area contributed by atoms with E-state index >= 15 is 0 Å². The fourth-order valence-electron chi connectivity index (χ4n) is 1.79. The molecule has 1 atom stereocenters. The maximum Gasteiger partial charge on any atom is 0.165 e. The first-order chi connectivity index (χ1) is 7.70. The molecular weight excluding hydrogens is 215 g/mol. The molecule has 1 aliphatic heterocycles. The van der Waals surface area contributed by atoms with Gasteiger partial charge in [-0.1, -0.05) is 12.1 Å². The van der Waals surface area contributed by atoms with Gasteiger partial charge < -0.3 is 5.32 Å². The summed E-state index contributed by atoms with van der Waals surface area (Å²) in [5.74, 6) is -2.11. The predicted molar refractivity (Wildman–Crippen MR) is 55.5 cm³/mol. The van der Waals surface area contributed by atoms with Crippen molar-refractivity contribution in [3.63, 3.8) is 0 Å². The Morgan fingerprint density at radius 2 is 2.06 bits per heavy atom. The Morgan fingerprint density at radius 3 is 2.75 bits per heavy atom. The molecule has 0 radical (unpaired) electrons. The van der Waals surface area contributed by atoms with Gasteiger partial charge in [-0.05, 0) is 30.7 Å². The lowest BCUT2D eigenvalue weighted by molar-refractivity contribution is 0.358. The predicted octanol–water partition coefficient (Wildman–Crippen LogP) is 3.24. The molecule has 1 heterocycles. The number of rotatable bonds is 2. The summed E-state index contributed by atoms with van der Waals surface area (Å²) in [4.78, 5) is 0. The second kappa shape index (κ2) is 4.60. The molecule has 16 heavy (non-hydrogen) atoms. The van der Waals surface area contributed by atoms with E-state index in [0.717, 1.165) is 19.0 Å². The minimum absolute atomic E-state index is 0.227. The molecule has 0 bridgehead atoms. The molecule has 4 heteroatoms. The molecule has 0 saturated heterocycles. The quantitative estimate of drug-likeness (QED) is 0.817. The molecule has 86 valence electrons. The maximum atomic E-state index is 13.9. The molecule has 2 rings (SSSR count). The van der Waals surface area contributed by atoms with E-state index in [4.69, 9.17) is 0 Å². The standard InChI is InChI=1S/C12H12F3N/c13-10-5-1-4-9(12(10)15)11(14)8-3-2-6-16-7-8/h1,4-5,7,11,16H,2-3,6H2. The van der Waals surface area contributed by atoms with Gasteiger partial charge in [-0.2, -0.15) is 0 Å². The van der Waals surface area contributed by atoms with E-state index in [1.165, 1.54) is 12.1 Å². The summed E-state index contributed by atoms with van der Waals surface area (Å²) >= 11 is 0. The molecule has 1 aromatic carbocycles. The van der Waals surface area contributed by atoms with Gasteiger partial charge in [-0.15, -0.1) is 0 Å². The minimum atomic E-state index is -1.57. The van der Waals surface area contributed by atoms with Gasteiger partial charge in [0.15, 0.2) is 17.8 Å². The number of hydrogen-bond acceptors (Lipinski definition) is 1. The summed E-state index contributed by atoms with van der Waals surface area (Å²) < 4.78 is 40.2. The van der Waals surface area contributed by atoms with E-state index in [0.29, 0.717) is 12.0 Å². The first-order valence-corrected chi connectivity index (χ1v) is 5.20. The number of benzene rings is 1. The first kappa shape index (κ1) is 11.0. The third kappa shape index (κ3) is 2.05. The van der Waals surface area contributed by atoms with Crippen LogP contribution in [0.4, 0.5) is 13.2 Å². The average molecular weight is 227 g/mol. The fraction of sp³-hybridized carbons (Fsp3) is 0.333. The molecular formula is C12H12F3N. The average Bonchev–Trinajstić information content (AvgIpc) is 2.33. The fourth-order valence-corrected chi connectivity index (χ4v) is 1.79. The Bertz CT molecular complexity index is 415. The van der Waals surface area contributed by atoms with E-state index < -0.39 is 17.8 Å². The van der Waals surface area contributed by atoms with Gasteiger partial charge in [0.25, 0.3) is 0 Å². The number of nitrogens with one attached hydrogen (secondary N) is 1. The SMILES string of the molecule is Fc1cccc(C(F)C2=CNCCC2)c1F.